The van der Waals surface area contributed by atoms with Crippen LogP contribution in [0.1, 0.15) is 18.2 Å². The lowest BCUT2D eigenvalue weighted by atomic mass is 10.2. The second-order valence-electron chi connectivity index (χ2n) is 4.42. The van der Waals surface area contributed by atoms with E-state index in [0.717, 1.165) is 5.76 Å². The Balaban J connectivity index is 1.67. The smallest absolute Gasteiger partial charge is 0.128 e. The lowest BCUT2D eigenvalue weighted by molar-refractivity contribution is 0.0511. The van der Waals surface area contributed by atoms with E-state index < -0.39 is 0 Å². The maximum atomic E-state index is 13.4. The molecule has 0 spiro atoms. The first-order valence-corrected chi connectivity index (χ1v) is 6.34. The standard InChI is InChI=1S/C15H18FNO2/c1-12(9-17-10-14-6-4-8-18-14)19-11-13-5-2-3-7-15(13)16/h2-8,12,17H,9-11H2,1H3. The molecule has 0 saturated heterocycles. The predicted molar refractivity (Wildman–Crippen MR) is 71.1 cm³/mol. The molecule has 3 nitrogen and oxygen atoms in total. The molecule has 1 aromatic heterocycles. The minimum atomic E-state index is -0.224. The molecule has 0 aliphatic heterocycles. The third-order valence-corrected chi connectivity index (χ3v) is 2.79. The Labute approximate surface area is 112 Å². The molecular weight excluding hydrogens is 245 g/mol. The molecule has 0 saturated carbocycles. The van der Waals surface area contributed by atoms with Gasteiger partial charge in [0, 0.05) is 12.1 Å². The average Bonchev–Trinajstić information content (AvgIpc) is 2.91. The summed E-state index contributed by atoms with van der Waals surface area (Å²) in [7, 11) is 0. The van der Waals surface area contributed by atoms with Crippen LogP contribution in [0.25, 0.3) is 0 Å². The van der Waals surface area contributed by atoms with Crippen molar-refractivity contribution in [1.29, 1.82) is 0 Å². The molecule has 0 amide bonds. The van der Waals surface area contributed by atoms with Gasteiger partial charge in [0.2, 0.25) is 0 Å². The molecule has 19 heavy (non-hydrogen) atoms. The SMILES string of the molecule is CC(CNCc1ccco1)OCc1ccccc1F. The van der Waals surface area contributed by atoms with Crippen molar-refractivity contribution in [2.24, 2.45) is 0 Å². The van der Waals surface area contributed by atoms with Crippen LogP contribution in [-0.2, 0) is 17.9 Å². The highest BCUT2D eigenvalue weighted by molar-refractivity contribution is 5.16. The van der Waals surface area contributed by atoms with E-state index in [4.69, 9.17) is 9.15 Å². The van der Waals surface area contributed by atoms with Crippen molar-refractivity contribution >= 4 is 0 Å². The molecule has 0 aliphatic rings. The maximum absolute atomic E-state index is 13.4. The quantitative estimate of drug-likeness (QED) is 0.833. The van der Waals surface area contributed by atoms with Crippen molar-refractivity contribution < 1.29 is 13.5 Å². The lowest BCUT2D eigenvalue weighted by Gasteiger charge is -2.14. The van der Waals surface area contributed by atoms with Crippen LogP contribution in [0.3, 0.4) is 0 Å². The molecule has 0 fully saturated rings. The van der Waals surface area contributed by atoms with Gasteiger partial charge in [-0.05, 0) is 25.1 Å². The van der Waals surface area contributed by atoms with Gasteiger partial charge < -0.3 is 14.5 Å². The third kappa shape index (κ3) is 4.50. The van der Waals surface area contributed by atoms with Crippen molar-refractivity contribution in [3.8, 4) is 0 Å². The number of hydrogen-bond donors (Lipinski definition) is 1. The highest BCUT2D eigenvalue weighted by Gasteiger charge is 2.05. The van der Waals surface area contributed by atoms with Gasteiger partial charge in [-0.1, -0.05) is 18.2 Å². The summed E-state index contributed by atoms with van der Waals surface area (Å²) in [6.07, 6.45) is 1.66. The van der Waals surface area contributed by atoms with E-state index in [1.165, 1.54) is 6.07 Å². The van der Waals surface area contributed by atoms with Crippen LogP contribution in [0, 0.1) is 5.82 Å². The maximum Gasteiger partial charge on any atom is 0.128 e. The van der Waals surface area contributed by atoms with Gasteiger partial charge >= 0.3 is 0 Å². The molecule has 0 bridgehead atoms. The predicted octanol–water partition coefficient (Wildman–Crippen LogP) is 3.11. The molecule has 1 heterocycles. The minimum absolute atomic E-state index is 0.00886. The number of halogens is 1. The first-order valence-electron chi connectivity index (χ1n) is 6.34. The number of benzene rings is 1. The van der Waals surface area contributed by atoms with Crippen LogP contribution in [0.5, 0.6) is 0 Å². The van der Waals surface area contributed by atoms with Crippen LogP contribution in [0.15, 0.2) is 47.1 Å². The number of furan rings is 1. The zero-order chi connectivity index (χ0) is 13.5. The molecule has 0 radical (unpaired) electrons. The summed E-state index contributed by atoms with van der Waals surface area (Å²) in [6.45, 7) is 3.60. The van der Waals surface area contributed by atoms with E-state index in [9.17, 15) is 4.39 Å². The summed E-state index contributed by atoms with van der Waals surface area (Å²) in [4.78, 5) is 0. The normalized spacial score (nSPS) is 12.5. The summed E-state index contributed by atoms with van der Waals surface area (Å²) >= 11 is 0. The van der Waals surface area contributed by atoms with Gasteiger partial charge in [0.05, 0.1) is 25.5 Å². The molecule has 2 aromatic rings. The van der Waals surface area contributed by atoms with E-state index in [1.54, 1.807) is 18.4 Å². The van der Waals surface area contributed by atoms with E-state index >= 15 is 0 Å². The molecule has 102 valence electrons. The van der Waals surface area contributed by atoms with Gasteiger partial charge in [0.15, 0.2) is 0 Å². The van der Waals surface area contributed by atoms with Crippen molar-refractivity contribution in [3.05, 3.63) is 59.8 Å². The van der Waals surface area contributed by atoms with Crippen molar-refractivity contribution in [2.75, 3.05) is 6.54 Å². The Bertz CT molecular complexity index is 485. The Kier molecular flexibility index (Phi) is 5.12. The number of ether oxygens (including phenoxy) is 1. The molecular formula is C15H18FNO2. The highest BCUT2D eigenvalue weighted by atomic mass is 19.1. The second kappa shape index (κ2) is 7.07. The van der Waals surface area contributed by atoms with E-state index in [2.05, 4.69) is 5.32 Å². The topological polar surface area (TPSA) is 34.4 Å². The Morgan fingerprint density at radius 2 is 2.11 bits per heavy atom. The monoisotopic (exact) mass is 263 g/mol. The summed E-state index contributed by atoms with van der Waals surface area (Å²) in [5.41, 5.74) is 0.584. The van der Waals surface area contributed by atoms with Gasteiger partial charge in [-0.3, -0.25) is 0 Å². The van der Waals surface area contributed by atoms with Gasteiger partial charge in [-0.25, -0.2) is 4.39 Å². The summed E-state index contributed by atoms with van der Waals surface area (Å²) in [5, 5.41) is 3.23. The first kappa shape index (κ1) is 13.8. The second-order valence-corrected chi connectivity index (χ2v) is 4.42. The van der Waals surface area contributed by atoms with Crippen LogP contribution >= 0.6 is 0 Å². The lowest BCUT2D eigenvalue weighted by Crippen LogP contribution is -2.26. The molecule has 4 heteroatoms. The summed E-state index contributed by atoms with van der Waals surface area (Å²) in [6, 6.07) is 10.4. The molecule has 2 rings (SSSR count). The number of nitrogens with one attached hydrogen (secondary N) is 1. The summed E-state index contributed by atoms with van der Waals surface area (Å²) < 4.78 is 24.2. The molecule has 1 N–H and O–H groups in total. The fourth-order valence-electron chi connectivity index (χ4n) is 1.72. The number of rotatable bonds is 7. The fourth-order valence-corrected chi connectivity index (χ4v) is 1.72. The zero-order valence-electron chi connectivity index (χ0n) is 10.9. The number of hydrogen-bond acceptors (Lipinski definition) is 3. The van der Waals surface area contributed by atoms with Crippen LogP contribution in [-0.4, -0.2) is 12.6 Å². The van der Waals surface area contributed by atoms with Crippen LogP contribution in [0.2, 0.25) is 0 Å². The minimum Gasteiger partial charge on any atom is -0.468 e. The third-order valence-electron chi connectivity index (χ3n) is 2.79. The first-order chi connectivity index (χ1) is 9.25. The van der Waals surface area contributed by atoms with Crippen molar-refractivity contribution in [1.82, 2.24) is 5.32 Å². The van der Waals surface area contributed by atoms with Crippen molar-refractivity contribution in [3.63, 3.8) is 0 Å². The largest absolute Gasteiger partial charge is 0.468 e. The van der Waals surface area contributed by atoms with Gasteiger partial charge in [0.1, 0.15) is 11.6 Å². The van der Waals surface area contributed by atoms with Crippen LogP contribution in [0.4, 0.5) is 4.39 Å². The van der Waals surface area contributed by atoms with E-state index in [0.29, 0.717) is 18.7 Å². The highest BCUT2D eigenvalue weighted by Crippen LogP contribution is 2.08. The Morgan fingerprint density at radius 1 is 1.26 bits per heavy atom. The molecule has 1 aromatic carbocycles. The average molecular weight is 263 g/mol. The van der Waals surface area contributed by atoms with Gasteiger partial charge in [-0.15, -0.1) is 0 Å². The molecule has 1 atom stereocenters. The van der Waals surface area contributed by atoms with E-state index in [1.807, 2.05) is 25.1 Å². The van der Waals surface area contributed by atoms with E-state index in [-0.39, 0.29) is 18.5 Å². The zero-order valence-corrected chi connectivity index (χ0v) is 10.9. The summed E-state index contributed by atoms with van der Waals surface area (Å²) in [5.74, 6) is 0.666. The Morgan fingerprint density at radius 3 is 2.84 bits per heavy atom. The van der Waals surface area contributed by atoms with Gasteiger partial charge in [0.25, 0.3) is 0 Å². The molecule has 0 aliphatic carbocycles. The van der Waals surface area contributed by atoms with Crippen molar-refractivity contribution in [2.45, 2.75) is 26.2 Å². The van der Waals surface area contributed by atoms with Gasteiger partial charge in [-0.2, -0.15) is 0 Å². The Hall–Kier alpha value is -1.65. The fraction of sp³-hybridized carbons (Fsp3) is 0.333. The van der Waals surface area contributed by atoms with Crippen LogP contribution < -0.4 is 5.32 Å². The molecule has 1 unspecified atom stereocenters.